The predicted molar refractivity (Wildman–Crippen MR) is 70.0 cm³/mol. The van der Waals surface area contributed by atoms with E-state index in [0.717, 1.165) is 25.1 Å². The monoisotopic (exact) mass is 268 g/mol. The van der Waals surface area contributed by atoms with E-state index >= 15 is 0 Å². The van der Waals surface area contributed by atoms with Gasteiger partial charge in [0.05, 0.1) is 5.54 Å². The maximum absolute atomic E-state index is 11.5. The lowest BCUT2D eigenvalue weighted by Gasteiger charge is -2.21. The van der Waals surface area contributed by atoms with Gasteiger partial charge in [-0.3, -0.25) is 4.79 Å². The molecule has 6 heteroatoms. The van der Waals surface area contributed by atoms with Crippen LogP contribution in [0.4, 0.5) is 0 Å². The predicted octanol–water partition coefficient (Wildman–Crippen LogP) is 0.864. The topological polar surface area (TPSA) is 55.1 Å². The van der Waals surface area contributed by atoms with E-state index in [4.69, 9.17) is 5.73 Å². The summed E-state index contributed by atoms with van der Waals surface area (Å²) in [7, 11) is 0. The minimum absolute atomic E-state index is 0. The molecule has 0 spiro atoms. The van der Waals surface area contributed by atoms with E-state index in [-0.39, 0.29) is 18.3 Å². The van der Waals surface area contributed by atoms with Gasteiger partial charge in [-0.25, -0.2) is 0 Å². The highest BCUT2D eigenvalue weighted by Crippen LogP contribution is 2.32. The average Bonchev–Trinajstić information content (AvgIpc) is 2.96. The van der Waals surface area contributed by atoms with Crippen molar-refractivity contribution in [3.8, 4) is 0 Å². The number of carbonyl (C=O) groups is 1. The Morgan fingerprint density at radius 3 is 2.73 bits per heavy atom. The highest BCUT2D eigenvalue weighted by atomic mass is 35.5. The van der Waals surface area contributed by atoms with Crippen molar-refractivity contribution in [3.63, 3.8) is 0 Å². The molecule has 1 aliphatic heterocycles. The fraction of sp³-hybridized carbons (Fsp3) is 0.889. The summed E-state index contributed by atoms with van der Waals surface area (Å²) < 4.78 is 0. The number of halogens is 1. The molecule has 1 aliphatic carbocycles. The number of nitrogens with one attached hydrogen (secondary N) is 1. The molecule has 1 atom stereocenters. The Kier molecular flexibility index (Phi) is 5.09. The molecule has 3 N–H and O–H groups in total. The van der Waals surface area contributed by atoms with Gasteiger partial charge in [0.15, 0.2) is 0 Å². The zero-order chi connectivity index (χ0) is 10.0. The molecule has 1 heterocycles. The second-order valence-electron chi connectivity index (χ2n) is 3.93. The van der Waals surface area contributed by atoms with Crippen molar-refractivity contribution in [2.24, 2.45) is 5.73 Å². The van der Waals surface area contributed by atoms with Gasteiger partial charge in [-0.15, -0.1) is 12.4 Å². The van der Waals surface area contributed by atoms with Crippen molar-refractivity contribution in [3.05, 3.63) is 0 Å². The number of hydrogen-bond acceptors (Lipinski definition) is 4. The molecular formula is C9H17ClN2OS2. The van der Waals surface area contributed by atoms with Gasteiger partial charge in [0, 0.05) is 29.1 Å². The molecule has 15 heavy (non-hydrogen) atoms. The first-order valence-corrected chi connectivity index (χ1v) is 7.18. The van der Waals surface area contributed by atoms with Gasteiger partial charge < -0.3 is 11.1 Å². The van der Waals surface area contributed by atoms with Gasteiger partial charge in [-0.1, -0.05) is 0 Å². The maximum Gasteiger partial charge on any atom is 0.240 e. The van der Waals surface area contributed by atoms with Crippen molar-refractivity contribution in [1.29, 1.82) is 0 Å². The second kappa shape index (κ2) is 5.66. The summed E-state index contributed by atoms with van der Waals surface area (Å²) in [5.41, 5.74) is 5.27. The third-order valence-electron chi connectivity index (χ3n) is 2.62. The molecule has 2 fully saturated rings. The van der Waals surface area contributed by atoms with Crippen LogP contribution in [0.3, 0.4) is 0 Å². The first-order chi connectivity index (χ1) is 6.71. The van der Waals surface area contributed by atoms with Crippen molar-refractivity contribution < 1.29 is 4.79 Å². The van der Waals surface area contributed by atoms with Gasteiger partial charge in [-0.05, 0) is 12.8 Å². The lowest BCUT2D eigenvalue weighted by molar-refractivity contribution is -0.123. The van der Waals surface area contributed by atoms with Crippen LogP contribution in [0.1, 0.15) is 12.8 Å². The molecule has 0 bridgehead atoms. The second-order valence-corrected chi connectivity index (χ2v) is 6.49. The van der Waals surface area contributed by atoms with Crippen LogP contribution in [0.15, 0.2) is 0 Å². The SMILES string of the molecule is Cl.NC1(C(=O)NCC2CSCCS2)CC1. The highest BCUT2D eigenvalue weighted by Gasteiger charge is 2.45. The largest absolute Gasteiger partial charge is 0.353 e. The van der Waals surface area contributed by atoms with Gasteiger partial charge in [0.1, 0.15) is 0 Å². The van der Waals surface area contributed by atoms with Crippen LogP contribution < -0.4 is 11.1 Å². The summed E-state index contributed by atoms with van der Waals surface area (Å²) >= 11 is 3.93. The fourth-order valence-corrected chi connectivity index (χ4v) is 4.01. The van der Waals surface area contributed by atoms with Crippen molar-refractivity contribution in [2.45, 2.75) is 23.6 Å². The lowest BCUT2D eigenvalue weighted by atomic mass is 10.2. The summed E-state index contributed by atoms with van der Waals surface area (Å²) in [6, 6.07) is 0. The first kappa shape index (κ1) is 13.5. The standard InChI is InChI=1S/C9H16N2OS2.ClH/c10-9(1-2-9)8(12)11-5-7-6-13-3-4-14-7;/h7H,1-6,10H2,(H,11,12);1H. The van der Waals surface area contributed by atoms with E-state index in [9.17, 15) is 4.79 Å². The maximum atomic E-state index is 11.5. The van der Waals surface area contributed by atoms with Crippen LogP contribution in [0.25, 0.3) is 0 Å². The van der Waals surface area contributed by atoms with Gasteiger partial charge >= 0.3 is 0 Å². The average molecular weight is 269 g/mol. The Bertz CT molecular complexity index is 230. The van der Waals surface area contributed by atoms with Gasteiger partial charge in [-0.2, -0.15) is 23.5 Å². The highest BCUT2D eigenvalue weighted by molar-refractivity contribution is 8.06. The van der Waals surface area contributed by atoms with E-state index in [1.807, 2.05) is 23.5 Å². The lowest BCUT2D eigenvalue weighted by Crippen LogP contribution is -2.45. The Balaban J connectivity index is 0.00000112. The Morgan fingerprint density at radius 2 is 2.20 bits per heavy atom. The summed E-state index contributed by atoms with van der Waals surface area (Å²) in [6.07, 6.45) is 1.71. The fourth-order valence-electron chi connectivity index (χ4n) is 1.40. The van der Waals surface area contributed by atoms with Crippen molar-refractivity contribution in [1.82, 2.24) is 5.32 Å². The molecule has 0 aromatic rings. The number of rotatable bonds is 3. The van der Waals surface area contributed by atoms with Crippen LogP contribution in [-0.4, -0.2) is 40.5 Å². The molecule has 88 valence electrons. The summed E-state index contributed by atoms with van der Waals surface area (Å²) in [5.74, 6) is 3.66. The number of amides is 1. The van der Waals surface area contributed by atoms with Crippen molar-refractivity contribution in [2.75, 3.05) is 23.8 Å². The van der Waals surface area contributed by atoms with Gasteiger partial charge in [0.25, 0.3) is 0 Å². The number of nitrogens with two attached hydrogens (primary N) is 1. The van der Waals surface area contributed by atoms with Crippen LogP contribution in [0.2, 0.25) is 0 Å². The number of thioether (sulfide) groups is 2. The van der Waals surface area contributed by atoms with Crippen LogP contribution >= 0.6 is 35.9 Å². The third kappa shape index (κ3) is 3.73. The van der Waals surface area contributed by atoms with Crippen LogP contribution in [-0.2, 0) is 4.79 Å². The molecule has 2 aliphatic rings. The van der Waals surface area contributed by atoms with Crippen LogP contribution in [0, 0.1) is 0 Å². The Morgan fingerprint density at radius 1 is 1.47 bits per heavy atom. The van der Waals surface area contributed by atoms with E-state index in [1.54, 1.807) is 0 Å². The molecule has 0 radical (unpaired) electrons. The number of hydrogen-bond donors (Lipinski definition) is 2. The van der Waals surface area contributed by atoms with E-state index in [0.29, 0.717) is 5.25 Å². The van der Waals surface area contributed by atoms with Crippen LogP contribution in [0.5, 0.6) is 0 Å². The first-order valence-electron chi connectivity index (χ1n) is 4.97. The molecular weight excluding hydrogens is 252 g/mol. The third-order valence-corrected chi connectivity index (χ3v) is 5.46. The molecule has 1 saturated carbocycles. The molecule has 1 amide bonds. The molecule has 0 aromatic carbocycles. The Hall–Kier alpha value is 0.420. The summed E-state index contributed by atoms with van der Waals surface area (Å²) in [6.45, 7) is 0.787. The normalized spacial score (nSPS) is 27.7. The Labute approximate surface area is 105 Å². The summed E-state index contributed by atoms with van der Waals surface area (Å²) in [5, 5.41) is 3.54. The number of carbonyl (C=O) groups excluding carboxylic acids is 1. The van der Waals surface area contributed by atoms with Gasteiger partial charge in [0.2, 0.25) is 5.91 Å². The van der Waals surface area contributed by atoms with E-state index in [2.05, 4.69) is 5.32 Å². The molecule has 0 aromatic heterocycles. The van der Waals surface area contributed by atoms with Crippen molar-refractivity contribution >= 4 is 41.8 Å². The zero-order valence-electron chi connectivity index (χ0n) is 8.53. The zero-order valence-corrected chi connectivity index (χ0v) is 11.0. The minimum atomic E-state index is -0.507. The minimum Gasteiger partial charge on any atom is -0.353 e. The van der Waals surface area contributed by atoms with E-state index in [1.165, 1.54) is 11.5 Å². The molecule has 1 unspecified atom stereocenters. The molecule has 1 saturated heterocycles. The quantitative estimate of drug-likeness (QED) is 0.797. The molecule has 3 nitrogen and oxygen atoms in total. The smallest absolute Gasteiger partial charge is 0.240 e. The summed E-state index contributed by atoms with van der Waals surface area (Å²) in [4.78, 5) is 11.5. The molecule has 2 rings (SSSR count). The van der Waals surface area contributed by atoms with E-state index < -0.39 is 5.54 Å².